The summed E-state index contributed by atoms with van der Waals surface area (Å²) in [6, 6.07) is 15.3. The molecule has 112 valence electrons. The highest BCUT2D eigenvalue weighted by Crippen LogP contribution is 2.20. The van der Waals surface area contributed by atoms with Gasteiger partial charge in [-0.05, 0) is 22.4 Å². The number of benzene rings is 2. The van der Waals surface area contributed by atoms with Gasteiger partial charge in [0.05, 0.1) is 0 Å². The Morgan fingerprint density at radius 2 is 1.77 bits per heavy atom. The van der Waals surface area contributed by atoms with Crippen LogP contribution in [0.1, 0.15) is 5.56 Å². The van der Waals surface area contributed by atoms with Crippen LogP contribution >= 0.6 is 11.3 Å². The normalized spacial score (nSPS) is 16.3. The smallest absolute Gasteiger partial charge is 0.208 e. The van der Waals surface area contributed by atoms with E-state index in [1.165, 1.54) is 16.3 Å². The zero-order valence-corrected chi connectivity index (χ0v) is 13.2. The summed E-state index contributed by atoms with van der Waals surface area (Å²) in [7, 11) is 0. The maximum atomic E-state index is 4.16. The number of hydrogen-bond donors (Lipinski definition) is 0. The fraction of sp³-hybridized carbons (Fsp3) is 0.294. The Kier molecular flexibility index (Phi) is 3.74. The summed E-state index contributed by atoms with van der Waals surface area (Å²) in [5.41, 5.74) is 3.19. The monoisotopic (exact) mass is 310 g/mol. The predicted octanol–water partition coefficient (Wildman–Crippen LogP) is 3.01. The van der Waals surface area contributed by atoms with Gasteiger partial charge in [0.2, 0.25) is 5.13 Å². The Morgan fingerprint density at radius 3 is 2.55 bits per heavy atom. The molecule has 3 aromatic rings. The van der Waals surface area contributed by atoms with Gasteiger partial charge in [-0.2, -0.15) is 0 Å². The summed E-state index contributed by atoms with van der Waals surface area (Å²) in [5.74, 6) is 0. The molecule has 5 heteroatoms. The van der Waals surface area contributed by atoms with E-state index in [2.05, 4.69) is 62.5 Å². The van der Waals surface area contributed by atoms with Crippen LogP contribution < -0.4 is 4.90 Å². The molecule has 0 N–H and O–H groups in total. The first-order chi connectivity index (χ1) is 10.9. The lowest BCUT2D eigenvalue weighted by molar-refractivity contribution is 0.250. The highest BCUT2D eigenvalue weighted by atomic mass is 32.1. The number of anilines is 1. The van der Waals surface area contributed by atoms with Gasteiger partial charge in [-0.25, -0.2) is 0 Å². The van der Waals surface area contributed by atoms with Crippen LogP contribution in [0.2, 0.25) is 0 Å². The fourth-order valence-corrected chi connectivity index (χ4v) is 3.61. The quantitative estimate of drug-likeness (QED) is 0.744. The number of hydrogen-bond acceptors (Lipinski definition) is 5. The topological polar surface area (TPSA) is 32.3 Å². The molecule has 4 nitrogen and oxygen atoms in total. The summed E-state index contributed by atoms with van der Waals surface area (Å²) in [5, 5.41) is 11.8. The van der Waals surface area contributed by atoms with Crippen LogP contribution in [0.5, 0.6) is 0 Å². The fourth-order valence-electron chi connectivity index (χ4n) is 3.00. The molecule has 1 saturated heterocycles. The highest BCUT2D eigenvalue weighted by Gasteiger charge is 2.19. The minimum absolute atomic E-state index is 1.02. The van der Waals surface area contributed by atoms with Gasteiger partial charge in [0.25, 0.3) is 0 Å². The van der Waals surface area contributed by atoms with Crippen molar-refractivity contribution < 1.29 is 0 Å². The van der Waals surface area contributed by atoms with Gasteiger partial charge in [-0.1, -0.05) is 47.7 Å². The van der Waals surface area contributed by atoms with Crippen LogP contribution in [0, 0.1) is 0 Å². The Balaban J connectivity index is 1.41. The van der Waals surface area contributed by atoms with Crippen molar-refractivity contribution in [2.24, 2.45) is 0 Å². The first-order valence-electron chi connectivity index (χ1n) is 7.60. The molecule has 2 heterocycles. The predicted molar refractivity (Wildman–Crippen MR) is 91.3 cm³/mol. The zero-order chi connectivity index (χ0) is 14.8. The molecule has 22 heavy (non-hydrogen) atoms. The molecule has 1 aliphatic rings. The molecule has 0 bridgehead atoms. The molecule has 0 amide bonds. The maximum absolute atomic E-state index is 4.16. The van der Waals surface area contributed by atoms with E-state index in [-0.39, 0.29) is 0 Å². The van der Waals surface area contributed by atoms with Crippen molar-refractivity contribution in [3.63, 3.8) is 0 Å². The summed E-state index contributed by atoms with van der Waals surface area (Å²) < 4.78 is 0. The minimum Gasteiger partial charge on any atom is -0.344 e. The van der Waals surface area contributed by atoms with Gasteiger partial charge in [0.1, 0.15) is 5.51 Å². The van der Waals surface area contributed by atoms with Crippen LogP contribution in [0.15, 0.2) is 48.0 Å². The van der Waals surface area contributed by atoms with Crippen molar-refractivity contribution in [3.05, 3.63) is 53.5 Å². The molecule has 0 aliphatic carbocycles. The number of fused-ring (bicyclic) bond motifs is 1. The van der Waals surface area contributed by atoms with Crippen LogP contribution in [0.3, 0.4) is 0 Å². The molecule has 4 rings (SSSR count). The molecule has 0 spiro atoms. The number of nitrogens with zero attached hydrogens (tertiary/aromatic N) is 4. The van der Waals surface area contributed by atoms with E-state index in [4.69, 9.17) is 0 Å². The average Bonchev–Trinajstić information content (AvgIpc) is 3.10. The first-order valence-corrected chi connectivity index (χ1v) is 8.47. The summed E-state index contributed by atoms with van der Waals surface area (Å²) in [6.07, 6.45) is 0. The molecule has 1 aliphatic heterocycles. The van der Waals surface area contributed by atoms with E-state index in [0.29, 0.717) is 0 Å². The Labute approximate surface area is 134 Å². The van der Waals surface area contributed by atoms with Gasteiger partial charge in [-0.3, -0.25) is 4.90 Å². The van der Waals surface area contributed by atoms with Gasteiger partial charge < -0.3 is 4.90 Å². The third-order valence-electron chi connectivity index (χ3n) is 4.21. The van der Waals surface area contributed by atoms with Crippen molar-refractivity contribution >= 4 is 27.2 Å². The van der Waals surface area contributed by atoms with E-state index in [1.54, 1.807) is 16.8 Å². The minimum atomic E-state index is 1.02. The standard InChI is InChI=1S/C17H18N4S/c1-2-4-16-11-14(5-6-15(16)3-1)12-20-7-9-21(10-8-20)17-19-18-13-22-17/h1-6,11,13H,7-10,12H2. The SMILES string of the molecule is c1ccc2cc(CN3CCN(c4nncs4)CC3)ccc2c1. The van der Waals surface area contributed by atoms with Crippen molar-refractivity contribution in [3.8, 4) is 0 Å². The zero-order valence-electron chi connectivity index (χ0n) is 12.4. The van der Waals surface area contributed by atoms with Crippen LogP contribution in [-0.4, -0.2) is 41.3 Å². The van der Waals surface area contributed by atoms with Gasteiger partial charge in [-0.15, -0.1) is 10.2 Å². The average molecular weight is 310 g/mol. The Hall–Kier alpha value is -1.98. The van der Waals surface area contributed by atoms with Crippen LogP contribution in [0.25, 0.3) is 10.8 Å². The van der Waals surface area contributed by atoms with Gasteiger partial charge in [0.15, 0.2) is 0 Å². The van der Waals surface area contributed by atoms with Crippen molar-refractivity contribution in [2.45, 2.75) is 6.54 Å². The van der Waals surface area contributed by atoms with Gasteiger partial charge in [0, 0.05) is 32.7 Å². The van der Waals surface area contributed by atoms with E-state index in [1.807, 2.05) is 0 Å². The third-order valence-corrected chi connectivity index (χ3v) is 4.96. The second-order valence-corrected chi connectivity index (χ2v) is 6.48. The van der Waals surface area contributed by atoms with E-state index in [0.717, 1.165) is 37.9 Å². The first kappa shape index (κ1) is 13.7. The van der Waals surface area contributed by atoms with Crippen molar-refractivity contribution in [2.75, 3.05) is 31.1 Å². The van der Waals surface area contributed by atoms with E-state index in [9.17, 15) is 0 Å². The summed E-state index contributed by atoms with van der Waals surface area (Å²) >= 11 is 1.62. The summed E-state index contributed by atoms with van der Waals surface area (Å²) in [6.45, 7) is 5.24. The lowest BCUT2D eigenvalue weighted by atomic mass is 10.1. The highest BCUT2D eigenvalue weighted by molar-refractivity contribution is 7.13. The van der Waals surface area contributed by atoms with Gasteiger partial charge >= 0.3 is 0 Å². The molecule has 0 unspecified atom stereocenters. The van der Waals surface area contributed by atoms with E-state index >= 15 is 0 Å². The molecule has 2 aromatic carbocycles. The molecule has 0 saturated carbocycles. The number of piperazine rings is 1. The lowest BCUT2D eigenvalue weighted by Crippen LogP contribution is -2.45. The summed E-state index contributed by atoms with van der Waals surface area (Å²) in [4.78, 5) is 4.84. The molecule has 0 radical (unpaired) electrons. The second kappa shape index (κ2) is 6.02. The number of rotatable bonds is 3. The second-order valence-electron chi connectivity index (χ2n) is 5.67. The lowest BCUT2D eigenvalue weighted by Gasteiger charge is -2.34. The van der Waals surface area contributed by atoms with Crippen molar-refractivity contribution in [1.82, 2.24) is 15.1 Å². The molecular weight excluding hydrogens is 292 g/mol. The molecule has 1 fully saturated rings. The largest absolute Gasteiger partial charge is 0.344 e. The maximum Gasteiger partial charge on any atom is 0.208 e. The number of aromatic nitrogens is 2. The molecule has 0 atom stereocenters. The van der Waals surface area contributed by atoms with Crippen LogP contribution in [-0.2, 0) is 6.54 Å². The Morgan fingerprint density at radius 1 is 0.955 bits per heavy atom. The van der Waals surface area contributed by atoms with Crippen LogP contribution in [0.4, 0.5) is 5.13 Å². The molecule has 1 aromatic heterocycles. The third kappa shape index (κ3) is 2.82. The van der Waals surface area contributed by atoms with Crippen molar-refractivity contribution in [1.29, 1.82) is 0 Å². The Bertz CT molecular complexity index is 748. The van der Waals surface area contributed by atoms with E-state index < -0.39 is 0 Å². The molecular formula is C17H18N4S.